The molecule has 29 heavy (non-hydrogen) atoms. The van der Waals surface area contributed by atoms with Gasteiger partial charge in [-0.05, 0) is 49.9 Å². The lowest BCUT2D eigenvalue weighted by Crippen LogP contribution is -2.18. The van der Waals surface area contributed by atoms with Crippen molar-refractivity contribution in [1.82, 2.24) is 4.57 Å². The van der Waals surface area contributed by atoms with Crippen molar-refractivity contribution in [3.8, 4) is 5.75 Å². The van der Waals surface area contributed by atoms with Crippen LogP contribution in [0.25, 0.3) is 21.2 Å². The number of fused-ring (bicyclic) bond motifs is 2. The summed E-state index contributed by atoms with van der Waals surface area (Å²) in [6.45, 7) is 5.31. The number of nitrogens with zero attached hydrogens (tertiary/aromatic N) is 2. The maximum atomic E-state index is 12.9. The molecule has 0 bridgehead atoms. The number of carbonyl (C=O) groups is 1. The van der Waals surface area contributed by atoms with Crippen LogP contribution in [0.4, 0.5) is 0 Å². The molecular formula is C22H22N2O3S2. The van der Waals surface area contributed by atoms with Crippen LogP contribution in [0.5, 0.6) is 5.75 Å². The molecule has 0 saturated heterocycles. The number of rotatable bonds is 6. The lowest BCUT2D eigenvalue weighted by Gasteiger charge is -2.03. The Hall–Kier alpha value is -2.51. The highest BCUT2D eigenvalue weighted by molar-refractivity contribution is 7.98. The summed E-state index contributed by atoms with van der Waals surface area (Å²) in [6, 6.07) is 13.7. The molecule has 7 heteroatoms. The molecule has 0 saturated carbocycles. The van der Waals surface area contributed by atoms with Gasteiger partial charge in [-0.2, -0.15) is 16.8 Å². The summed E-state index contributed by atoms with van der Waals surface area (Å²) in [5.41, 5.74) is 2.87. The van der Waals surface area contributed by atoms with Crippen molar-refractivity contribution in [3.05, 3.63) is 58.6 Å². The number of thioether (sulfide) groups is 1. The fourth-order valence-electron chi connectivity index (χ4n) is 3.22. The quantitative estimate of drug-likeness (QED) is 0.422. The Bertz CT molecular complexity index is 1250. The fourth-order valence-corrected chi connectivity index (χ4v) is 4.74. The smallest absolute Gasteiger partial charge is 0.315 e. The van der Waals surface area contributed by atoms with Gasteiger partial charge in [0.25, 0.3) is 0 Å². The van der Waals surface area contributed by atoms with Crippen molar-refractivity contribution in [2.24, 2.45) is 4.99 Å². The van der Waals surface area contributed by atoms with Crippen LogP contribution in [0.2, 0.25) is 0 Å². The average molecular weight is 427 g/mol. The van der Waals surface area contributed by atoms with E-state index in [1.807, 2.05) is 25.1 Å². The molecule has 0 atom stereocenters. The molecule has 0 aliphatic heterocycles. The number of para-hydroxylation sites is 1. The number of aryl methyl sites for hydroxylation is 2. The SMILES string of the molecule is CCOc1cccc2cc(C(=O)N=c3sc4cc(C)ccc4n3CCSC)oc12. The zero-order chi connectivity index (χ0) is 20.4. The Labute approximate surface area is 177 Å². The summed E-state index contributed by atoms with van der Waals surface area (Å²) >= 11 is 3.30. The largest absolute Gasteiger partial charge is 0.490 e. The third kappa shape index (κ3) is 3.97. The molecule has 0 aliphatic rings. The van der Waals surface area contributed by atoms with Gasteiger partial charge < -0.3 is 13.7 Å². The Morgan fingerprint density at radius 1 is 1.28 bits per heavy atom. The molecule has 2 aromatic heterocycles. The molecule has 150 valence electrons. The van der Waals surface area contributed by atoms with Crippen LogP contribution >= 0.6 is 23.1 Å². The molecule has 0 unspecified atom stereocenters. The molecule has 2 aromatic carbocycles. The Balaban J connectivity index is 1.79. The van der Waals surface area contributed by atoms with E-state index >= 15 is 0 Å². The minimum Gasteiger partial charge on any atom is -0.490 e. The topological polar surface area (TPSA) is 56.7 Å². The number of aromatic nitrogens is 1. The van der Waals surface area contributed by atoms with E-state index < -0.39 is 0 Å². The fraction of sp³-hybridized carbons (Fsp3) is 0.273. The molecule has 0 N–H and O–H groups in total. The second-order valence-corrected chi connectivity index (χ2v) is 8.63. The van der Waals surface area contributed by atoms with E-state index in [1.165, 1.54) is 16.9 Å². The van der Waals surface area contributed by atoms with E-state index in [9.17, 15) is 4.79 Å². The van der Waals surface area contributed by atoms with Gasteiger partial charge >= 0.3 is 5.91 Å². The van der Waals surface area contributed by atoms with Gasteiger partial charge in [0, 0.05) is 17.7 Å². The first kappa shape index (κ1) is 19.8. The summed E-state index contributed by atoms with van der Waals surface area (Å²) in [4.78, 5) is 18.0. The van der Waals surface area contributed by atoms with Crippen LogP contribution in [0, 0.1) is 6.92 Å². The van der Waals surface area contributed by atoms with Gasteiger partial charge in [0.05, 0.1) is 16.8 Å². The number of amides is 1. The Morgan fingerprint density at radius 2 is 2.14 bits per heavy atom. The van der Waals surface area contributed by atoms with Crippen molar-refractivity contribution in [2.45, 2.75) is 20.4 Å². The van der Waals surface area contributed by atoms with Crippen molar-refractivity contribution < 1.29 is 13.9 Å². The van der Waals surface area contributed by atoms with Gasteiger partial charge in [-0.3, -0.25) is 4.79 Å². The maximum absolute atomic E-state index is 12.9. The van der Waals surface area contributed by atoms with Gasteiger partial charge in [0.15, 0.2) is 21.9 Å². The lowest BCUT2D eigenvalue weighted by atomic mass is 10.2. The first-order chi connectivity index (χ1) is 14.1. The van der Waals surface area contributed by atoms with E-state index in [0.717, 1.165) is 27.9 Å². The highest BCUT2D eigenvalue weighted by Gasteiger charge is 2.16. The second kappa shape index (κ2) is 8.47. The zero-order valence-corrected chi connectivity index (χ0v) is 18.2. The lowest BCUT2D eigenvalue weighted by molar-refractivity contribution is 0.0973. The summed E-state index contributed by atoms with van der Waals surface area (Å²) in [7, 11) is 0. The highest BCUT2D eigenvalue weighted by Crippen LogP contribution is 2.29. The van der Waals surface area contributed by atoms with Crippen LogP contribution < -0.4 is 9.54 Å². The average Bonchev–Trinajstić information content (AvgIpc) is 3.28. The zero-order valence-electron chi connectivity index (χ0n) is 16.6. The number of benzene rings is 2. The molecule has 0 aliphatic carbocycles. The molecule has 0 radical (unpaired) electrons. The van der Waals surface area contributed by atoms with Crippen molar-refractivity contribution in [1.29, 1.82) is 0 Å². The second-order valence-electron chi connectivity index (χ2n) is 6.64. The number of carbonyl (C=O) groups excluding carboxylic acids is 1. The van der Waals surface area contributed by atoms with Gasteiger partial charge in [-0.15, -0.1) is 0 Å². The number of furan rings is 1. The van der Waals surface area contributed by atoms with Crippen LogP contribution in [0.3, 0.4) is 0 Å². The maximum Gasteiger partial charge on any atom is 0.315 e. The van der Waals surface area contributed by atoms with Crippen LogP contribution in [0.1, 0.15) is 23.0 Å². The van der Waals surface area contributed by atoms with Gasteiger partial charge in [-0.1, -0.05) is 29.5 Å². The highest BCUT2D eigenvalue weighted by atomic mass is 32.2. The van der Waals surface area contributed by atoms with E-state index in [0.29, 0.717) is 22.7 Å². The molecule has 4 rings (SSSR count). The van der Waals surface area contributed by atoms with Crippen LogP contribution in [-0.4, -0.2) is 29.1 Å². The minimum absolute atomic E-state index is 0.220. The van der Waals surface area contributed by atoms with Gasteiger partial charge in [0.1, 0.15) is 0 Å². The molecule has 4 aromatic rings. The van der Waals surface area contributed by atoms with Crippen molar-refractivity contribution in [2.75, 3.05) is 18.6 Å². The third-order valence-electron chi connectivity index (χ3n) is 4.57. The molecule has 0 spiro atoms. The molecule has 1 amide bonds. The molecular weight excluding hydrogens is 404 g/mol. The summed E-state index contributed by atoms with van der Waals surface area (Å²) in [5.74, 6) is 1.42. The summed E-state index contributed by atoms with van der Waals surface area (Å²) in [5, 5.41) is 0.830. The van der Waals surface area contributed by atoms with Crippen molar-refractivity contribution in [3.63, 3.8) is 0 Å². The van der Waals surface area contributed by atoms with Gasteiger partial charge in [0.2, 0.25) is 0 Å². The monoisotopic (exact) mass is 426 g/mol. The summed E-state index contributed by atoms with van der Waals surface area (Å²) < 4.78 is 14.7. The predicted octanol–water partition coefficient (Wildman–Crippen LogP) is 5.26. The van der Waals surface area contributed by atoms with Crippen LogP contribution in [0.15, 0.2) is 51.9 Å². The standard InChI is InChI=1S/C22H22N2O3S2/c1-4-26-17-7-5-6-15-13-18(27-20(15)17)21(25)23-22-24(10-11-28-3)16-9-8-14(2)12-19(16)29-22/h5-9,12-13H,4,10-11H2,1-3H3. The predicted molar refractivity (Wildman–Crippen MR) is 120 cm³/mol. The van der Waals surface area contributed by atoms with E-state index in [-0.39, 0.29) is 11.7 Å². The van der Waals surface area contributed by atoms with Crippen molar-refractivity contribution >= 4 is 50.2 Å². The summed E-state index contributed by atoms with van der Waals surface area (Å²) in [6.07, 6.45) is 2.07. The third-order valence-corrected chi connectivity index (χ3v) is 6.21. The minimum atomic E-state index is -0.384. The Morgan fingerprint density at radius 3 is 2.93 bits per heavy atom. The number of hydrogen-bond donors (Lipinski definition) is 0. The van der Waals surface area contributed by atoms with E-state index in [2.05, 4.69) is 40.9 Å². The molecule has 0 fully saturated rings. The number of ether oxygens (including phenoxy) is 1. The number of thiazole rings is 1. The van der Waals surface area contributed by atoms with E-state index in [4.69, 9.17) is 9.15 Å². The van der Waals surface area contributed by atoms with Crippen LogP contribution in [-0.2, 0) is 6.54 Å². The Kier molecular flexibility index (Phi) is 5.78. The normalized spacial score (nSPS) is 12.2. The molecule has 5 nitrogen and oxygen atoms in total. The van der Waals surface area contributed by atoms with Gasteiger partial charge in [-0.25, -0.2) is 0 Å². The van der Waals surface area contributed by atoms with E-state index in [1.54, 1.807) is 17.8 Å². The molecule has 2 heterocycles. The number of hydrogen-bond acceptors (Lipinski definition) is 5. The first-order valence-electron chi connectivity index (χ1n) is 9.44. The first-order valence-corrected chi connectivity index (χ1v) is 11.6.